The van der Waals surface area contributed by atoms with E-state index in [9.17, 15) is 4.79 Å². The third-order valence-corrected chi connectivity index (χ3v) is 4.62. The lowest BCUT2D eigenvalue weighted by atomic mass is 9.95. The minimum atomic E-state index is 0.725. The lowest BCUT2D eigenvalue weighted by Crippen LogP contribution is -1.94. The predicted molar refractivity (Wildman–Crippen MR) is 76.6 cm³/mol. The van der Waals surface area contributed by atoms with Crippen molar-refractivity contribution in [3.63, 3.8) is 0 Å². The third-order valence-electron chi connectivity index (χ3n) is 3.52. The molecule has 0 saturated carbocycles. The summed E-state index contributed by atoms with van der Waals surface area (Å²) in [6.45, 7) is 10.4. The molecule has 94 valence electrons. The van der Waals surface area contributed by atoms with Gasteiger partial charge in [0.05, 0.1) is 10.6 Å². The Balaban J connectivity index is 2.73. The van der Waals surface area contributed by atoms with Crippen LogP contribution in [-0.4, -0.2) is 11.3 Å². The van der Waals surface area contributed by atoms with E-state index in [1.807, 2.05) is 6.92 Å². The minimum Gasteiger partial charge on any atom is -0.297 e. The highest BCUT2D eigenvalue weighted by molar-refractivity contribution is 7.16. The largest absolute Gasteiger partial charge is 0.297 e. The summed E-state index contributed by atoms with van der Waals surface area (Å²) >= 11 is 1.48. The zero-order chi connectivity index (χ0) is 13.4. The number of aldehydes is 1. The predicted octanol–water partition coefficient (Wildman–Crippen LogP) is 4.16. The second-order valence-corrected chi connectivity index (χ2v) is 5.75. The molecule has 1 heterocycles. The van der Waals surface area contributed by atoms with Crippen LogP contribution in [0.15, 0.2) is 6.07 Å². The van der Waals surface area contributed by atoms with Crippen molar-refractivity contribution in [1.29, 1.82) is 0 Å². The average molecular weight is 259 g/mol. The molecule has 0 radical (unpaired) electrons. The molecule has 0 spiro atoms. The topological polar surface area (TPSA) is 30.0 Å². The van der Waals surface area contributed by atoms with E-state index >= 15 is 0 Å². The highest BCUT2D eigenvalue weighted by Crippen LogP contribution is 2.34. The van der Waals surface area contributed by atoms with Crippen LogP contribution in [0, 0.1) is 34.6 Å². The van der Waals surface area contributed by atoms with Crippen LogP contribution in [0.2, 0.25) is 0 Å². The maximum Gasteiger partial charge on any atom is 0.161 e. The zero-order valence-corrected chi connectivity index (χ0v) is 12.2. The second-order valence-electron chi connectivity index (χ2n) is 4.72. The third kappa shape index (κ3) is 1.99. The molecule has 0 atom stereocenters. The number of carbonyl (C=O) groups is 1. The molecule has 0 saturated heterocycles. The molecule has 0 amide bonds. The summed E-state index contributed by atoms with van der Waals surface area (Å²) in [6, 6.07) is 2.20. The molecule has 0 N–H and O–H groups in total. The number of nitrogens with zero attached hydrogens (tertiary/aromatic N) is 1. The molecule has 2 rings (SSSR count). The van der Waals surface area contributed by atoms with Crippen LogP contribution in [0.3, 0.4) is 0 Å². The first-order chi connectivity index (χ1) is 8.45. The summed E-state index contributed by atoms with van der Waals surface area (Å²) in [5.41, 5.74) is 7.06. The van der Waals surface area contributed by atoms with Gasteiger partial charge < -0.3 is 0 Å². The van der Waals surface area contributed by atoms with E-state index in [2.05, 4.69) is 38.7 Å². The second kappa shape index (κ2) is 4.65. The van der Waals surface area contributed by atoms with E-state index in [1.165, 1.54) is 39.2 Å². The minimum absolute atomic E-state index is 0.725. The molecular weight excluding hydrogens is 242 g/mol. The summed E-state index contributed by atoms with van der Waals surface area (Å²) in [6.07, 6.45) is 0.893. The zero-order valence-electron chi connectivity index (χ0n) is 11.4. The Bertz CT molecular complexity index is 600. The number of rotatable bonds is 2. The smallest absolute Gasteiger partial charge is 0.161 e. The van der Waals surface area contributed by atoms with Gasteiger partial charge in [-0.25, -0.2) is 4.98 Å². The summed E-state index contributed by atoms with van der Waals surface area (Å²) in [5, 5.41) is 0.955. The van der Waals surface area contributed by atoms with Gasteiger partial charge in [-0.3, -0.25) is 4.79 Å². The maximum absolute atomic E-state index is 10.9. The van der Waals surface area contributed by atoms with Crippen molar-refractivity contribution in [2.24, 2.45) is 0 Å². The number of benzene rings is 1. The van der Waals surface area contributed by atoms with Crippen LogP contribution >= 0.6 is 11.3 Å². The van der Waals surface area contributed by atoms with Gasteiger partial charge in [0.2, 0.25) is 0 Å². The van der Waals surface area contributed by atoms with Crippen LogP contribution < -0.4 is 0 Å². The summed E-state index contributed by atoms with van der Waals surface area (Å²) in [4.78, 5) is 16.2. The first-order valence-corrected chi connectivity index (χ1v) is 6.77. The fourth-order valence-electron chi connectivity index (χ4n) is 2.16. The number of thiazole rings is 1. The molecule has 3 heteroatoms. The van der Waals surface area contributed by atoms with Crippen molar-refractivity contribution in [3.8, 4) is 10.6 Å². The number of carbonyl (C=O) groups excluding carboxylic acids is 1. The average Bonchev–Trinajstić information content (AvgIpc) is 2.68. The highest BCUT2D eigenvalue weighted by atomic mass is 32.1. The lowest BCUT2D eigenvalue weighted by molar-refractivity contribution is 0.112. The molecule has 0 fully saturated rings. The van der Waals surface area contributed by atoms with Gasteiger partial charge in [-0.05, 0) is 56.9 Å². The van der Waals surface area contributed by atoms with Crippen LogP contribution in [0.25, 0.3) is 10.6 Å². The molecule has 0 aliphatic carbocycles. The fraction of sp³-hybridized carbons (Fsp3) is 0.333. The first-order valence-electron chi connectivity index (χ1n) is 5.96. The van der Waals surface area contributed by atoms with Gasteiger partial charge in [-0.2, -0.15) is 0 Å². The molecule has 1 aromatic carbocycles. The van der Waals surface area contributed by atoms with E-state index in [0.717, 1.165) is 21.9 Å². The summed E-state index contributed by atoms with van der Waals surface area (Å²) < 4.78 is 0. The van der Waals surface area contributed by atoms with Crippen molar-refractivity contribution >= 4 is 17.6 Å². The molecule has 0 aliphatic rings. The molecular formula is C15H17NOS. The van der Waals surface area contributed by atoms with Gasteiger partial charge in [0.25, 0.3) is 0 Å². The fourth-order valence-corrected chi connectivity index (χ4v) is 3.20. The summed E-state index contributed by atoms with van der Waals surface area (Å²) in [7, 11) is 0. The Kier molecular flexibility index (Phi) is 3.35. The molecule has 18 heavy (non-hydrogen) atoms. The van der Waals surface area contributed by atoms with E-state index in [0.29, 0.717) is 0 Å². The number of hydrogen-bond acceptors (Lipinski definition) is 3. The molecule has 2 nitrogen and oxygen atoms in total. The van der Waals surface area contributed by atoms with Crippen molar-refractivity contribution in [1.82, 2.24) is 4.98 Å². The summed E-state index contributed by atoms with van der Waals surface area (Å²) in [5.74, 6) is 0. The molecule has 0 unspecified atom stereocenters. The Labute approximate surface area is 112 Å². The van der Waals surface area contributed by atoms with Gasteiger partial charge in [0.1, 0.15) is 5.01 Å². The van der Waals surface area contributed by atoms with E-state index in [4.69, 9.17) is 0 Å². The molecule has 0 aliphatic heterocycles. The van der Waals surface area contributed by atoms with E-state index in [-0.39, 0.29) is 0 Å². The van der Waals surface area contributed by atoms with E-state index in [1.54, 1.807) is 0 Å². The molecule has 1 aromatic heterocycles. The first kappa shape index (κ1) is 13.0. The quantitative estimate of drug-likeness (QED) is 0.758. The van der Waals surface area contributed by atoms with Crippen molar-refractivity contribution in [2.75, 3.05) is 0 Å². The standard InChI is InChI=1S/C15H17NOS/c1-8-6-9(2)11(4)14(10(8)3)15-16-12(5)13(7-17)18-15/h6-7H,1-5H3. The Morgan fingerprint density at radius 1 is 1.06 bits per heavy atom. The van der Waals surface area contributed by atoms with Crippen LogP contribution in [-0.2, 0) is 0 Å². The maximum atomic E-state index is 10.9. The Morgan fingerprint density at radius 2 is 1.61 bits per heavy atom. The molecule has 0 bridgehead atoms. The number of aromatic nitrogens is 1. The van der Waals surface area contributed by atoms with Crippen LogP contribution in [0.4, 0.5) is 0 Å². The van der Waals surface area contributed by atoms with Gasteiger partial charge in [0.15, 0.2) is 6.29 Å². The van der Waals surface area contributed by atoms with E-state index < -0.39 is 0 Å². The van der Waals surface area contributed by atoms with Gasteiger partial charge in [0, 0.05) is 5.56 Å². The van der Waals surface area contributed by atoms with Gasteiger partial charge in [-0.15, -0.1) is 11.3 Å². The Hall–Kier alpha value is -1.48. The van der Waals surface area contributed by atoms with Gasteiger partial charge >= 0.3 is 0 Å². The monoisotopic (exact) mass is 259 g/mol. The molecule has 2 aromatic rings. The SMILES string of the molecule is Cc1cc(C)c(C)c(-c2nc(C)c(C=O)s2)c1C. The highest BCUT2D eigenvalue weighted by Gasteiger charge is 2.15. The van der Waals surface area contributed by atoms with Crippen molar-refractivity contribution < 1.29 is 4.79 Å². The van der Waals surface area contributed by atoms with Crippen LogP contribution in [0.5, 0.6) is 0 Å². The number of hydrogen-bond donors (Lipinski definition) is 0. The van der Waals surface area contributed by atoms with Gasteiger partial charge in [-0.1, -0.05) is 6.07 Å². The van der Waals surface area contributed by atoms with Crippen molar-refractivity contribution in [2.45, 2.75) is 34.6 Å². The Morgan fingerprint density at radius 3 is 2.06 bits per heavy atom. The lowest BCUT2D eigenvalue weighted by Gasteiger charge is -2.13. The number of aryl methyl sites for hydroxylation is 3. The van der Waals surface area contributed by atoms with Crippen molar-refractivity contribution in [3.05, 3.63) is 38.9 Å². The normalized spacial score (nSPS) is 10.7. The van der Waals surface area contributed by atoms with Crippen LogP contribution in [0.1, 0.15) is 37.6 Å².